The van der Waals surface area contributed by atoms with Crippen molar-refractivity contribution in [2.45, 2.75) is 65.8 Å². The fraction of sp³-hybridized carbons (Fsp3) is 1.00. The highest BCUT2D eigenvalue weighted by atomic mass is 15.2. The summed E-state index contributed by atoms with van der Waals surface area (Å²) in [5, 5.41) is 3.67. The molecule has 1 saturated heterocycles. The van der Waals surface area contributed by atoms with Crippen LogP contribution in [0.15, 0.2) is 0 Å². The number of unbranched alkanes of at least 4 members (excludes halogenated alkanes) is 1. The fourth-order valence-corrected chi connectivity index (χ4v) is 3.07. The molecule has 2 heteroatoms. The van der Waals surface area contributed by atoms with E-state index in [9.17, 15) is 0 Å². The minimum Gasteiger partial charge on any atom is -0.311 e. The first-order chi connectivity index (χ1) is 8.65. The van der Waals surface area contributed by atoms with Crippen molar-refractivity contribution < 1.29 is 0 Å². The third-order valence-corrected chi connectivity index (χ3v) is 4.16. The molecule has 1 aliphatic rings. The molecular weight excluding hydrogens is 220 g/mol. The molecule has 0 amide bonds. The summed E-state index contributed by atoms with van der Waals surface area (Å²) in [6.07, 6.45) is 6.83. The third-order valence-electron chi connectivity index (χ3n) is 4.16. The Balaban J connectivity index is 2.31. The molecule has 18 heavy (non-hydrogen) atoms. The predicted molar refractivity (Wildman–Crippen MR) is 81.0 cm³/mol. The maximum absolute atomic E-state index is 3.67. The molecule has 0 aromatic rings. The van der Waals surface area contributed by atoms with Crippen LogP contribution in [-0.4, -0.2) is 37.1 Å². The lowest BCUT2D eigenvalue weighted by Crippen LogP contribution is -2.52. The Kier molecular flexibility index (Phi) is 7.92. The molecule has 0 radical (unpaired) electrons. The number of rotatable bonds is 8. The van der Waals surface area contributed by atoms with Gasteiger partial charge in [-0.2, -0.15) is 0 Å². The van der Waals surface area contributed by atoms with E-state index >= 15 is 0 Å². The molecule has 0 aromatic carbocycles. The number of hydrogen-bond donors (Lipinski definition) is 1. The van der Waals surface area contributed by atoms with Gasteiger partial charge in [0.2, 0.25) is 0 Å². The van der Waals surface area contributed by atoms with Crippen molar-refractivity contribution in [1.82, 2.24) is 10.2 Å². The van der Waals surface area contributed by atoms with Crippen molar-refractivity contribution in [1.29, 1.82) is 0 Å². The molecule has 0 spiro atoms. The maximum Gasteiger partial charge on any atom is 0.0198 e. The standard InChI is InChI=1S/C16H34N2/c1-5-7-8-15(6-2)12-18-10-9-17-16(13-18)11-14(3)4/h14-17H,5-13H2,1-4H3. The lowest BCUT2D eigenvalue weighted by molar-refractivity contribution is 0.157. The molecule has 2 unspecified atom stereocenters. The Morgan fingerprint density at radius 2 is 2.06 bits per heavy atom. The van der Waals surface area contributed by atoms with Crippen LogP contribution in [0.3, 0.4) is 0 Å². The van der Waals surface area contributed by atoms with E-state index in [1.54, 1.807) is 0 Å². The maximum atomic E-state index is 3.67. The molecule has 108 valence electrons. The smallest absolute Gasteiger partial charge is 0.0198 e. The number of hydrogen-bond acceptors (Lipinski definition) is 2. The Hall–Kier alpha value is -0.0800. The topological polar surface area (TPSA) is 15.3 Å². The van der Waals surface area contributed by atoms with Gasteiger partial charge in [0.25, 0.3) is 0 Å². The number of nitrogens with zero attached hydrogens (tertiary/aromatic N) is 1. The highest BCUT2D eigenvalue weighted by molar-refractivity contribution is 4.80. The van der Waals surface area contributed by atoms with Gasteiger partial charge in [0.05, 0.1) is 0 Å². The van der Waals surface area contributed by atoms with Gasteiger partial charge in [0, 0.05) is 32.2 Å². The minimum absolute atomic E-state index is 0.724. The Labute approximate surface area is 115 Å². The van der Waals surface area contributed by atoms with E-state index < -0.39 is 0 Å². The molecule has 2 atom stereocenters. The Morgan fingerprint density at radius 3 is 2.67 bits per heavy atom. The second-order valence-corrected chi connectivity index (χ2v) is 6.46. The zero-order valence-corrected chi connectivity index (χ0v) is 13.0. The van der Waals surface area contributed by atoms with Gasteiger partial charge < -0.3 is 10.2 Å². The largest absolute Gasteiger partial charge is 0.311 e. The molecule has 1 N–H and O–H groups in total. The molecule has 0 aromatic heterocycles. The monoisotopic (exact) mass is 254 g/mol. The molecule has 1 rings (SSSR count). The van der Waals surface area contributed by atoms with Gasteiger partial charge in [-0.05, 0) is 24.7 Å². The van der Waals surface area contributed by atoms with Crippen LogP contribution in [0.5, 0.6) is 0 Å². The zero-order valence-electron chi connectivity index (χ0n) is 13.0. The van der Waals surface area contributed by atoms with Gasteiger partial charge in [-0.1, -0.05) is 47.0 Å². The lowest BCUT2D eigenvalue weighted by Gasteiger charge is -2.36. The summed E-state index contributed by atoms with van der Waals surface area (Å²) >= 11 is 0. The van der Waals surface area contributed by atoms with Crippen molar-refractivity contribution in [3.05, 3.63) is 0 Å². The molecule has 0 bridgehead atoms. The average Bonchev–Trinajstić information content (AvgIpc) is 2.34. The average molecular weight is 254 g/mol. The van der Waals surface area contributed by atoms with Crippen molar-refractivity contribution in [3.8, 4) is 0 Å². The van der Waals surface area contributed by atoms with Gasteiger partial charge in [-0.15, -0.1) is 0 Å². The molecule has 0 aliphatic carbocycles. The Morgan fingerprint density at radius 1 is 1.28 bits per heavy atom. The Bertz CT molecular complexity index is 203. The van der Waals surface area contributed by atoms with Crippen LogP contribution < -0.4 is 5.32 Å². The third kappa shape index (κ3) is 6.19. The molecule has 2 nitrogen and oxygen atoms in total. The van der Waals surface area contributed by atoms with E-state index in [0.717, 1.165) is 17.9 Å². The molecule has 1 heterocycles. The summed E-state index contributed by atoms with van der Waals surface area (Å²) in [7, 11) is 0. The first-order valence-electron chi connectivity index (χ1n) is 8.11. The molecule has 1 fully saturated rings. The van der Waals surface area contributed by atoms with Crippen molar-refractivity contribution in [2.75, 3.05) is 26.2 Å². The predicted octanol–water partition coefficient (Wildman–Crippen LogP) is 3.52. The van der Waals surface area contributed by atoms with Crippen LogP contribution in [0.4, 0.5) is 0 Å². The van der Waals surface area contributed by atoms with Crippen LogP contribution in [-0.2, 0) is 0 Å². The summed E-state index contributed by atoms with van der Waals surface area (Å²) in [6.45, 7) is 14.3. The summed E-state index contributed by atoms with van der Waals surface area (Å²) in [6, 6.07) is 0.724. The molecule has 0 saturated carbocycles. The molecular formula is C16H34N2. The van der Waals surface area contributed by atoms with Crippen molar-refractivity contribution >= 4 is 0 Å². The number of nitrogens with one attached hydrogen (secondary N) is 1. The van der Waals surface area contributed by atoms with Crippen LogP contribution in [0.2, 0.25) is 0 Å². The second-order valence-electron chi connectivity index (χ2n) is 6.46. The van der Waals surface area contributed by atoms with Gasteiger partial charge in [0.15, 0.2) is 0 Å². The summed E-state index contributed by atoms with van der Waals surface area (Å²) < 4.78 is 0. The summed E-state index contributed by atoms with van der Waals surface area (Å²) in [5.74, 6) is 1.73. The zero-order chi connectivity index (χ0) is 13.4. The SMILES string of the molecule is CCCCC(CC)CN1CCNC(CC(C)C)C1. The minimum atomic E-state index is 0.724. The highest BCUT2D eigenvalue weighted by Crippen LogP contribution is 2.16. The second kappa shape index (κ2) is 8.92. The number of piperazine rings is 1. The van der Waals surface area contributed by atoms with Gasteiger partial charge in [0.1, 0.15) is 0 Å². The van der Waals surface area contributed by atoms with Crippen molar-refractivity contribution in [3.63, 3.8) is 0 Å². The fourth-order valence-electron chi connectivity index (χ4n) is 3.07. The van der Waals surface area contributed by atoms with Crippen LogP contribution in [0.25, 0.3) is 0 Å². The first-order valence-corrected chi connectivity index (χ1v) is 8.11. The van der Waals surface area contributed by atoms with Crippen LogP contribution >= 0.6 is 0 Å². The van der Waals surface area contributed by atoms with E-state index in [0.29, 0.717) is 0 Å². The first kappa shape index (κ1) is 16.0. The van der Waals surface area contributed by atoms with E-state index in [1.807, 2.05) is 0 Å². The van der Waals surface area contributed by atoms with E-state index in [2.05, 4.69) is 37.9 Å². The van der Waals surface area contributed by atoms with Gasteiger partial charge >= 0.3 is 0 Å². The van der Waals surface area contributed by atoms with Crippen LogP contribution in [0, 0.1) is 11.8 Å². The van der Waals surface area contributed by atoms with E-state index in [1.165, 1.54) is 58.3 Å². The van der Waals surface area contributed by atoms with E-state index in [-0.39, 0.29) is 0 Å². The lowest BCUT2D eigenvalue weighted by atomic mass is 9.97. The normalized spacial score (nSPS) is 23.5. The molecule has 1 aliphatic heterocycles. The van der Waals surface area contributed by atoms with Crippen molar-refractivity contribution in [2.24, 2.45) is 11.8 Å². The quantitative estimate of drug-likeness (QED) is 0.713. The summed E-state index contributed by atoms with van der Waals surface area (Å²) in [4.78, 5) is 2.70. The van der Waals surface area contributed by atoms with Gasteiger partial charge in [-0.3, -0.25) is 0 Å². The van der Waals surface area contributed by atoms with E-state index in [4.69, 9.17) is 0 Å². The highest BCUT2D eigenvalue weighted by Gasteiger charge is 2.21. The summed E-state index contributed by atoms with van der Waals surface area (Å²) in [5.41, 5.74) is 0. The van der Waals surface area contributed by atoms with Crippen LogP contribution in [0.1, 0.15) is 59.8 Å². The van der Waals surface area contributed by atoms with Gasteiger partial charge in [-0.25, -0.2) is 0 Å².